The molecule has 0 nitrogen and oxygen atoms in total. The molecule has 1 atom stereocenters. The zero-order chi connectivity index (χ0) is 14.3. The van der Waals surface area contributed by atoms with Crippen LogP contribution in [0, 0.1) is 12.8 Å². The average molecular weight is 256 g/mol. The van der Waals surface area contributed by atoms with Crippen LogP contribution in [0.15, 0.2) is 42.5 Å². The summed E-state index contributed by atoms with van der Waals surface area (Å²) in [5, 5.41) is 0. The SMILES string of the molecule is C=C(/C=C(/C)CC(C)CCCC)c1ccccc1C. The summed E-state index contributed by atoms with van der Waals surface area (Å²) in [6, 6.07) is 8.46. The number of hydrogen-bond donors (Lipinski definition) is 0. The summed E-state index contributed by atoms with van der Waals surface area (Å²) in [6.07, 6.45) is 7.41. The molecule has 0 aliphatic rings. The Kier molecular flexibility index (Phi) is 6.62. The van der Waals surface area contributed by atoms with Crippen LogP contribution >= 0.6 is 0 Å². The van der Waals surface area contributed by atoms with E-state index in [9.17, 15) is 0 Å². The van der Waals surface area contributed by atoms with Crippen LogP contribution < -0.4 is 0 Å². The Morgan fingerprint density at radius 3 is 2.63 bits per heavy atom. The maximum absolute atomic E-state index is 4.22. The number of allylic oxidation sites excluding steroid dienone is 3. The third kappa shape index (κ3) is 5.46. The minimum Gasteiger partial charge on any atom is -0.0912 e. The van der Waals surface area contributed by atoms with Gasteiger partial charge in [-0.25, -0.2) is 0 Å². The summed E-state index contributed by atoms with van der Waals surface area (Å²) in [4.78, 5) is 0. The Morgan fingerprint density at radius 2 is 2.00 bits per heavy atom. The van der Waals surface area contributed by atoms with Gasteiger partial charge in [0.05, 0.1) is 0 Å². The van der Waals surface area contributed by atoms with Gasteiger partial charge in [-0.1, -0.05) is 75.6 Å². The van der Waals surface area contributed by atoms with Gasteiger partial charge in [-0.15, -0.1) is 0 Å². The van der Waals surface area contributed by atoms with Crippen LogP contribution in [0.1, 0.15) is 57.6 Å². The molecule has 0 radical (unpaired) electrons. The van der Waals surface area contributed by atoms with Gasteiger partial charge >= 0.3 is 0 Å². The molecule has 0 amide bonds. The van der Waals surface area contributed by atoms with E-state index in [1.165, 1.54) is 42.4 Å². The normalized spacial score (nSPS) is 13.4. The molecule has 0 bridgehead atoms. The standard InChI is InChI=1S/C19H28/c1-6-7-10-15(2)13-16(3)14-18(5)19-12-9-8-11-17(19)4/h8-9,11-12,14-15H,5-7,10,13H2,1-4H3/b16-14-. The molecule has 0 saturated carbocycles. The Hall–Kier alpha value is -1.30. The summed E-state index contributed by atoms with van der Waals surface area (Å²) in [6.45, 7) is 13.2. The third-order valence-electron chi connectivity index (χ3n) is 3.63. The van der Waals surface area contributed by atoms with E-state index in [0.29, 0.717) is 0 Å². The van der Waals surface area contributed by atoms with Crippen molar-refractivity contribution < 1.29 is 0 Å². The van der Waals surface area contributed by atoms with E-state index >= 15 is 0 Å². The summed E-state index contributed by atoms with van der Waals surface area (Å²) in [5.74, 6) is 0.779. The molecule has 1 unspecified atom stereocenters. The van der Waals surface area contributed by atoms with E-state index < -0.39 is 0 Å². The molecule has 0 aliphatic heterocycles. The van der Waals surface area contributed by atoms with Gasteiger partial charge < -0.3 is 0 Å². The third-order valence-corrected chi connectivity index (χ3v) is 3.63. The van der Waals surface area contributed by atoms with Crippen molar-refractivity contribution >= 4 is 5.57 Å². The average Bonchev–Trinajstić information content (AvgIpc) is 2.36. The Bertz CT molecular complexity index is 437. The van der Waals surface area contributed by atoms with E-state index in [-0.39, 0.29) is 0 Å². The smallest absolute Gasteiger partial charge is 0.0161 e. The van der Waals surface area contributed by atoms with Gasteiger partial charge in [0.1, 0.15) is 0 Å². The maximum Gasteiger partial charge on any atom is -0.0161 e. The molecule has 0 saturated heterocycles. The van der Waals surface area contributed by atoms with Crippen molar-refractivity contribution in [1.29, 1.82) is 0 Å². The predicted octanol–water partition coefficient (Wildman–Crippen LogP) is 6.17. The van der Waals surface area contributed by atoms with E-state index in [4.69, 9.17) is 0 Å². The highest BCUT2D eigenvalue weighted by Gasteiger charge is 2.04. The molecule has 0 aliphatic carbocycles. The molecule has 1 rings (SSSR count). The van der Waals surface area contributed by atoms with Gasteiger partial charge in [0.15, 0.2) is 0 Å². The van der Waals surface area contributed by atoms with Crippen molar-refractivity contribution in [3.63, 3.8) is 0 Å². The highest BCUT2D eigenvalue weighted by Crippen LogP contribution is 2.23. The molecule has 1 aromatic rings. The molecular formula is C19H28. The Balaban J connectivity index is 2.64. The molecule has 0 N–H and O–H groups in total. The summed E-state index contributed by atoms with van der Waals surface area (Å²) in [7, 11) is 0. The zero-order valence-electron chi connectivity index (χ0n) is 13.0. The van der Waals surface area contributed by atoms with Crippen LogP contribution in [0.5, 0.6) is 0 Å². The molecule has 19 heavy (non-hydrogen) atoms. The zero-order valence-corrected chi connectivity index (χ0v) is 13.0. The lowest BCUT2D eigenvalue weighted by Crippen LogP contribution is -1.96. The maximum atomic E-state index is 4.22. The largest absolute Gasteiger partial charge is 0.0912 e. The lowest BCUT2D eigenvalue weighted by Gasteiger charge is -2.12. The summed E-state index contributed by atoms with van der Waals surface area (Å²) >= 11 is 0. The fourth-order valence-corrected chi connectivity index (χ4v) is 2.57. The fourth-order valence-electron chi connectivity index (χ4n) is 2.57. The predicted molar refractivity (Wildman–Crippen MR) is 87.3 cm³/mol. The molecule has 0 heteroatoms. The van der Waals surface area contributed by atoms with Crippen LogP contribution in [-0.2, 0) is 0 Å². The van der Waals surface area contributed by atoms with Crippen LogP contribution in [0.25, 0.3) is 5.57 Å². The first-order chi connectivity index (χ1) is 9.04. The minimum atomic E-state index is 0.779. The van der Waals surface area contributed by atoms with E-state index in [1.54, 1.807) is 0 Å². The molecule has 0 aromatic heterocycles. The fraction of sp³-hybridized carbons (Fsp3) is 0.474. The van der Waals surface area contributed by atoms with Crippen molar-refractivity contribution in [3.8, 4) is 0 Å². The number of benzene rings is 1. The molecular weight excluding hydrogens is 228 g/mol. The van der Waals surface area contributed by atoms with E-state index in [2.05, 4.69) is 64.6 Å². The summed E-state index contributed by atoms with van der Waals surface area (Å²) in [5.41, 5.74) is 5.15. The van der Waals surface area contributed by atoms with Gasteiger partial charge in [-0.3, -0.25) is 0 Å². The number of rotatable bonds is 7. The Labute approximate surface area is 119 Å². The van der Waals surface area contributed by atoms with Crippen molar-refractivity contribution in [2.45, 2.75) is 53.4 Å². The van der Waals surface area contributed by atoms with E-state index in [0.717, 1.165) is 11.5 Å². The van der Waals surface area contributed by atoms with Gasteiger partial charge in [0.25, 0.3) is 0 Å². The highest BCUT2D eigenvalue weighted by molar-refractivity contribution is 5.74. The first kappa shape index (κ1) is 15.8. The van der Waals surface area contributed by atoms with Crippen LogP contribution in [-0.4, -0.2) is 0 Å². The van der Waals surface area contributed by atoms with Crippen LogP contribution in [0.4, 0.5) is 0 Å². The second kappa shape index (κ2) is 7.99. The van der Waals surface area contributed by atoms with Crippen molar-refractivity contribution in [2.24, 2.45) is 5.92 Å². The number of hydrogen-bond acceptors (Lipinski definition) is 0. The second-order valence-electron chi connectivity index (χ2n) is 5.78. The monoisotopic (exact) mass is 256 g/mol. The lowest BCUT2D eigenvalue weighted by atomic mass is 9.94. The highest BCUT2D eigenvalue weighted by atomic mass is 14.1. The molecule has 0 spiro atoms. The van der Waals surface area contributed by atoms with Crippen LogP contribution in [0.3, 0.4) is 0 Å². The number of unbranched alkanes of at least 4 members (excludes halogenated alkanes) is 1. The van der Waals surface area contributed by atoms with Crippen LogP contribution in [0.2, 0.25) is 0 Å². The first-order valence-electron chi connectivity index (χ1n) is 7.46. The van der Waals surface area contributed by atoms with Gasteiger partial charge in [0, 0.05) is 0 Å². The van der Waals surface area contributed by atoms with Gasteiger partial charge in [-0.2, -0.15) is 0 Å². The van der Waals surface area contributed by atoms with Crippen molar-refractivity contribution in [1.82, 2.24) is 0 Å². The summed E-state index contributed by atoms with van der Waals surface area (Å²) < 4.78 is 0. The second-order valence-corrected chi connectivity index (χ2v) is 5.78. The quantitative estimate of drug-likeness (QED) is 0.512. The first-order valence-corrected chi connectivity index (χ1v) is 7.46. The topological polar surface area (TPSA) is 0 Å². The Morgan fingerprint density at radius 1 is 1.32 bits per heavy atom. The van der Waals surface area contributed by atoms with Gasteiger partial charge in [-0.05, 0) is 42.9 Å². The molecule has 104 valence electrons. The van der Waals surface area contributed by atoms with E-state index in [1.807, 2.05) is 0 Å². The van der Waals surface area contributed by atoms with Gasteiger partial charge in [0.2, 0.25) is 0 Å². The number of aryl methyl sites for hydroxylation is 1. The minimum absolute atomic E-state index is 0.779. The molecule has 1 aromatic carbocycles. The van der Waals surface area contributed by atoms with Crippen molar-refractivity contribution in [3.05, 3.63) is 53.6 Å². The lowest BCUT2D eigenvalue weighted by molar-refractivity contribution is 0.502. The van der Waals surface area contributed by atoms with Crippen molar-refractivity contribution in [2.75, 3.05) is 0 Å². The molecule has 0 heterocycles. The molecule has 0 fully saturated rings.